The summed E-state index contributed by atoms with van der Waals surface area (Å²) in [6.07, 6.45) is 0. The molecule has 0 aliphatic carbocycles. The Bertz CT molecular complexity index is 1490. The van der Waals surface area contributed by atoms with E-state index in [1.54, 1.807) is 24.1 Å². The molecule has 0 saturated heterocycles. The highest BCUT2D eigenvalue weighted by molar-refractivity contribution is 7.89. The Morgan fingerprint density at radius 1 is 0.974 bits per heavy atom. The number of nitrogens with zero attached hydrogens (tertiary/aromatic N) is 4. The van der Waals surface area contributed by atoms with Crippen molar-refractivity contribution >= 4 is 42.6 Å². The zero-order valence-electron chi connectivity index (χ0n) is 22.0. The fourth-order valence-corrected chi connectivity index (χ4v) is 6.36. The minimum absolute atomic E-state index is 0.152. The third-order valence-corrected chi connectivity index (χ3v) is 9.12. The number of hydrogen-bond acceptors (Lipinski definition) is 7. The molecule has 0 aliphatic heterocycles. The van der Waals surface area contributed by atoms with Gasteiger partial charge in [0, 0.05) is 37.8 Å². The van der Waals surface area contributed by atoms with Crippen molar-refractivity contribution in [2.45, 2.75) is 18.4 Å². The molecule has 1 aromatic heterocycles. The molecule has 0 unspecified atom stereocenters. The first-order chi connectivity index (χ1) is 18.2. The Kier molecular flexibility index (Phi) is 8.78. The van der Waals surface area contributed by atoms with Crippen LogP contribution in [0.15, 0.2) is 77.7 Å². The van der Waals surface area contributed by atoms with Crippen molar-refractivity contribution in [2.75, 3.05) is 45.7 Å². The Labute approximate surface area is 228 Å². The van der Waals surface area contributed by atoms with Crippen molar-refractivity contribution in [3.8, 4) is 5.75 Å². The number of methoxy groups -OCH3 is 1. The lowest BCUT2D eigenvalue weighted by Gasteiger charge is -2.23. The summed E-state index contributed by atoms with van der Waals surface area (Å²) in [5, 5.41) is 0.580. The zero-order chi connectivity index (χ0) is 27.3. The second-order valence-corrected chi connectivity index (χ2v) is 12.0. The molecule has 1 heterocycles. The second kappa shape index (κ2) is 12.0. The smallest absolute Gasteiger partial charge is 0.260 e. The molecular formula is C28H32N4O4S2. The molecule has 0 bridgehead atoms. The van der Waals surface area contributed by atoms with Gasteiger partial charge in [0.25, 0.3) is 5.91 Å². The lowest BCUT2D eigenvalue weighted by Crippen LogP contribution is -2.36. The number of hydrogen-bond donors (Lipinski definition) is 0. The van der Waals surface area contributed by atoms with Crippen molar-refractivity contribution < 1.29 is 17.9 Å². The fourth-order valence-electron chi connectivity index (χ4n) is 3.95. The van der Waals surface area contributed by atoms with E-state index in [1.165, 1.54) is 27.8 Å². The van der Waals surface area contributed by atoms with E-state index >= 15 is 0 Å². The van der Waals surface area contributed by atoms with E-state index in [0.717, 1.165) is 15.8 Å². The van der Waals surface area contributed by atoms with E-state index in [2.05, 4.69) is 0 Å². The fraction of sp³-hybridized carbons (Fsp3) is 0.286. The molecule has 200 valence electrons. The molecule has 0 aliphatic rings. The minimum Gasteiger partial charge on any atom is -0.497 e. The number of sulfonamides is 1. The third kappa shape index (κ3) is 6.21. The van der Waals surface area contributed by atoms with E-state index < -0.39 is 10.0 Å². The van der Waals surface area contributed by atoms with Gasteiger partial charge in [-0.3, -0.25) is 9.69 Å². The summed E-state index contributed by atoms with van der Waals surface area (Å²) < 4.78 is 34.4. The summed E-state index contributed by atoms with van der Waals surface area (Å²) in [6.45, 7) is 3.50. The van der Waals surface area contributed by atoms with Crippen LogP contribution in [0.1, 0.15) is 22.8 Å². The number of carbonyl (C=O) groups excluding carboxylic acids is 1. The van der Waals surface area contributed by atoms with Gasteiger partial charge in [-0.2, -0.15) is 4.31 Å². The molecule has 10 heteroatoms. The van der Waals surface area contributed by atoms with Gasteiger partial charge >= 0.3 is 0 Å². The van der Waals surface area contributed by atoms with Gasteiger partial charge in [-0.25, -0.2) is 13.4 Å². The lowest BCUT2D eigenvalue weighted by atomic mass is 10.2. The Hall–Kier alpha value is -3.31. The van der Waals surface area contributed by atoms with Crippen LogP contribution in [-0.4, -0.2) is 69.4 Å². The van der Waals surface area contributed by atoms with Gasteiger partial charge in [0.1, 0.15) is 5.75 Å². The van der Waals surface area contributed by atoms with Gasteiger partial charge in [-0.15, -0.1) is 0 Å². The maximum Gasteiger partial charge on any atom is 0.260 e. The van der Waals surface area contributed by atoms with Crippen LogP contribution in [0.3, 0.4) is 0 Å². The number of carbonyl (C=O) groups is 1. The van der Waals surface area contributed by atoms with Crippen molar-refractivity contribution in [3.05, 3.63) is 83.9 Å². The van der Waals surface area contributed by atoms with Crippen molar-refractivity contribution in [2.24, 2.45) is 0 Å². The predicted octanol–water partition coefficient (Wildman–Crippen LogP) is 4.72. The first-order valence-corrected chi connectivity index (χ1v) is 14.5. The number of rotatable bonds is 11. The van der Waals surface area contributed by atoms with Gasteiger partial charge in [-0.1, -0.05) is 48.6 Å². The number of amides is 1. The SMILES string of the molecule is CCN(Cc1ccccc1)S(=O)(=O)c1ccc(C(=O)N(CCN(C)C)c2nc3cc(OC)ccc3s2)cc1. The standard InChI is InChI=1S/C28H32N4O4S2/c1-5-31(20-21-9-7-6-8-10-21)38(34,35)24-14-11-22(12-15-24)27(33)32(18-17-30(2)3)28-29-25-19-23(36-4)13-16-26(25)37-28/h6-16,19H,5,17-18,20H2,1-4H3. The average Bonchev–Trinajstić information content (AvgIpc) is 3.35. The number of benzene rings is 3. The monoisotopic (exact) mass is 552 g/mol. The molecule has 0 atom stereocenters. The Balaban J connectivity index is 1.60. The number of anilines is 1. The molecule has 1 amide bonds. The van der Waals surface area contributed by atoms with E-state index in [4.69, 9.17) is 9.72 Å². The van der Waals surface area contributed by atoms with E-state index in [9.17, 15) is 13.2 Å². The minimum atomic E-state index is -3.73. The molecule has 8 nitrogen and oxygen atoms in total. The van der Waals surface area contributed by atoms with Crippen molar-refractivity contribution in [1.29, 1.82) is 0 Å². The lowest BCUT2D eigenvalue weighted by molar-refractivity contribution is 0.0985. The molecule has 4 aromatic rings. The first-order valence-electron chi connectivity index (χ1n) is 12.3. The topological polar surface area (TPSA) is 83.1 Å². The number of fused-ring (bicyclic) bond motifs is 1. The summed E-state index contributed by atoms with van der Waals surface area (Å²) in [7, 11) is 1.76. The zero-order valence-corrected chi connectivity index (χ0v) is 23.6. The summed E-state index contributed by atoms with van der Waals surface area (Å²) in [5.74, 6) is 0.462. The van der Waals surface area contributed by atoms with Crippen LogP contribution >= 0.6 is 11.3 Å². The van der Waals surface area contributed by atoms with Gasteiger partial charge < -0.3 is 9.64 Å². The van der Waals surface area contributed by atoms with E-state index in [0.29, 0.717) is 36.1 Å². The van der Waals surface area contributed by atoms with Gasteiger partial charge in [0.15, 0.2) is 5.13 Å². The average molecular weight is 553 g/mol. The molecule has 3 aromatic carbocycles. The number of thiazole rings is 1. The third-order valence-electron chi connectivity index (χ3n) is 6.12. The maximum absolute atomic E-state index is 13.6. The van der Waals surface area contributed by atoms with Crippen LogP contribution in [-0.2, 0) is 16.6 Å². The molecule has 4 rings (SSSR count). The van der Waals surface area contributed by atoms with Crippen LogP contribution in [0.2, 0.25) is 0 Å². The largest absolute Gasteiger partial charge is 0.497 e. The van der Waals surface area contributed by atoms with Gasteiger partial charge in [0.05, 0.1) is 22.2 Å². The molecular weight excluding hydrogens is 520 g/mol. The van der Waals surface area contributed by atoms with Crippen LogP contribution < -0.4 is 9.64 Å². The van der Waals surface area contributed by atoms with Crippen LogP contribution in [0.25, 0.3) is 10.2 Å². The molecule has 0 N–H and O–H groups in total. The highest BCUT2D eigenvalue weighted by Crippen LogP contribution is 2.32. The van der Waals surface area contributed by atoms with Gasteiger partial charge in [0.2, 0.25) is 10.0 Å². The van der Waals surface area contributed by atoms with E-state index in [-0.39, 0.29) is 17.3 Å². The van der Waals surface area contributed by atoms with Crippen LogP contribution in [0.4, 0.5) is 5.13 Å². The molecule has 38 heavy (non-hydrogen) atoms. The first kappa shape index (κ1) is 27.7. The molecule has 0 spiro atoms. The summed E-state index contributed by atoms with van der Waals surface area (Å²) in [5.41, 5.74) is 2.06. The number of likely N-dealkylation sites (N-methyl/N-ethyl adjacent to an activating group) is 1. The predicted molar refractivity (Wildman–Crippen MR) is 153 cm³/mol. The number of aromatic nitrogens is 1. The highest BCUT2D eigenvalue weighted by Gasteiger charge is 2.25. The number of ether oxygens (including phenoxy) is 1. The van der Waals surface area contributed by atoms with Crippen molar-refractivity contribution in [1.82, 2.24) is 14.2 Å². The van der Waals surface area contributed by atoms with Crippen LogP contribution in [0, 0.1) is 0 Å². The van der Waals surface area contributed by atoms with Crippen molar-refractivity contribution in [3.63, 3.8) is 0 Å². The van der Waals surface area contributed by atoms with E-state index in [1.807, 2.05) is 74.4 Å². The Morgan fingerprint density at radius 3 is 2.32 bits per heavy atom. The molecule has 0 fully saturated rings. The Morgan fingerprint density at radius 2 is 1.68 bits per heavy atom. The normalized spacial score (nSPS) is 11.8. The maximum atomic E-state index is 13.6. The quantitative estimate of drug-likeness (QED) is 0.268. The summed E-state index contributed by atoms with van der Waals surface area (Å²) in [6, 6.07) is 21.3. The van der Waals surface area contributed by atoms with Gasteiger partial charge in [-0.05, 0) is 56.1 Å². The molecule has 0 saturated carbocycles. The second-order valence-electron chi connectivity index (χ2n) is 9.03. The summed E-state index contributed by atoms with van der Waals surface area (Å²) in [4.78, 5) is 22.1. The summed E-state index contributed by atoms with van der Waals surface area (Å²) >= 11 is 1.43. The molecule has 0 radical (unpaired) electrons. The highest BCUT2D eigenvalue weighted by atomic mass is 32.2. The van der Waals surface area contributed by atoms with Crippen LogP contribution in [0.5, 0.6) is 5.75 Å².